The number of halogens is 1. The predicted molar refractivity (Wildman–Crippen MR) is 81.2 cm³/mol. The molecule has 108 valence electrons. The summed E-state index contributed by atoms with van der Waals surface area (Å²) in [4.78, 5) is 0. The van der Waals surface area contributed by atoms with E-state index in [0.29, 0.717) is 6.61 Å². The van der Waals surface area contributed by atoms with E-state index in [2.05, 4.69) is 11.4 Å². The molecule has 2 atom stereocenters. The van der Waals surface area contributed by atoms with Crippen molar-refractivity contribution in [2.24, 2.45) is 0 Å². The highest BCUT2D eigenvalue weighted by atomic mass is 35.5. The highest BCUT2D eigenvalue weighted by Crippen LogP contribution is 2.29. The summed E-state index contributed by atoms with van der Waals surface area (Å²) in [6.45, 7) is 1.36. The van der Waals surface area contributed by atoms with Crippen molar-refractivity contribution in [3.8, 4) is 5.75 Å². The second-order valence-corrected chi connectivity index (χ2v) is 6.05. The van der Waals surface area contributed by atoms with Crippen LogP contribution in [0.5, 0.6) is 5.75 Å². The van der Waals surface area contributed by atoms with Crippen molar-refractivity contribution in [2.45, 2.75) is 37.8 Å². The summed E-state index contributed by atoms with van der Waals surface area (Å²) in [5, 5.41) is 14.1. The van der Waals surface area contributed by atoms with Crippen molar-refractivity contribution in [3.63, 3.8) is 0 Å². The third-order valence-electron chi connectivity index (χ3n) is 4.07. The highest BCUT2D eigenvalue weighted by Gasteiger charge is 2.23. The van der Waals surface area contributed by atoms with Gasteiger partial charge in [0.05, 0.1) is 6.10 Å². The van der Waals surface area contributed by atoms with Gasteiger partial charge in [-0.15, -0.1) is 0 Å². The smallest absolute Gasteiger partial charge is 0.127 e. The molecule has 0 amide bonds. The van der Waals surface area contributed by atoms with E-state index in [-0.39, 0.29) is 12.1 Å². The standard InChI is InChI=1S/C16H20ClNO2/c17-13-5-6-16-12(8-13)7-11(10-20-16)9-18-14-3-1-2-4-15(14)19/h5-8,14-15,18-19H,1-4,9-10H2. The molecule has 20 heavy (non-hydrogen) atoms. The Morgan fingerprint density at radius 2 is 2.15 bits per heavy atom. The minimum atomic E-state index is -0.212. The lowest BCUT2D eigenvalue weighted by molar-refractivity contribution is 0.0922. The number of hydrogen-bond donors (Lipinski definition) is 2. The Morgan fingerprint density at radius 3 is 3.00 bits per heavy atom. The Kier molecular flexibility index (Phi) is 4.29. The molecule has 0 saturated heterocycles. The number of aliphatic hydroxyl groups is 1. The molecule has 0 radical (unpaired) electrons. The minimum absolute atomic E-state index is 0.212. The average Bonchev–Trinajstić information content (AvgIpc) is 2.46. The van der Waals surface area contributed by atoms with Gasteiger partial charge < -0.3 is 15.2 Å². The number of fused-ring (bicyclic) bond motifs is 1. The summed E-state index contributed by atoms with van der Waals surface area (Å²) in [5.41, 5.74) is 2.22. The molecule has 0 aromatic heterocycles. The van der Waals surface area contributed by atoms with E-state index in [9.17, 15) is 5.11 Å². The maximum absolute atomic E-state index is 9.96. The maximum atomic E-state index is 9.96. The van der Waals surface area contributed by atoms with Crippen LogP contribution in [0.1, 0.15) is 31.2 Å². The molecule has 1 aromatic carbocycles. The molecule has 2 aliphatic rings. The van der Waals surface area contributed by atoms with Gasteiger partial charge in [-0.2, -0.15) is 0 Å². The molecule has 2 unspecified atom stereocenters. The van der Waals surface area contributed by atoms with Crippen LogP contribution in [0.15, 0.2) is 23.8 Å². The summed E-state index contributed by atoms with van der Waals surface area (Å²) >= 11 is 6.01. The fourth-order valence-corrected chi connectivity index (χ4v) is 3.09. The molecule has 3 rings (SSSR count). The molecule has 4 heteroatoms. The van der Waals surface area contributed by atoms with Gasteiger partial charge in [0.15, 0.2) is 0 Å². The molecule has 1 fully saturated rings. The van der Waals surface area contributed by atoms with E-state index < -0.39 is 0 Å². The van der Waals surface area contributed by atoms with Crippen molar-refractivity contribution in [1.29, 1.82) is 0 Å². The molecule has 1 aliphatic heterocycles. The van der Waals surface area contributed by atoms with Crippen LogP contribution < -0.4 is 10.1 Å². The molecule has 1 aromatic rings. The number of benzene rings is 1. The Hall–Kier alpha value is -1.03. The van der Waals surface area contributed by atoms with Crippen molar-refractivity contribution in [2.75, 3.05) is 13.2 Å². The molecule has 2 N–H and O–H groups in total. The molecular formula is C16H20ClNO2. The second kappa shape index (κ2) is 6.17. The van der Waals surface area contributed by atoms with Crippen molar-refractivity contribution >= 4 is 17.7 Å². The molecular weight excluding hydrogens is 274 g/mol. The van der Waals surface area contributed by atoms with E-state index in [4.69, 9.17) is 16.3 Å². The Bertz CT molecular complexity index is 515. The third kappa shape index (κ3) is 3.17. The number of hydrogen-bond acceptors (Lipinski definition) is 3. The zero-order valence-electron chi connectivity index (χ0n) is 11.4. The van der Waals surface area contributed by atoms with Crippen LogP contribution in [-0.2, 0) is 0 Å². The highest BCUT2D eigenvalue weighted by molar-refractivity contribution is 6.30. The van der Waals surface area contributed by atoms with Crippen molar-refractivity contribution in [1.82, 2.24) is 5.32 Å². The fourth-order valence-electron chi connectivity index (χ4n) is 2.91. The zero-order chi connectivity index (χ0) is 13.9. The summed E-state index contributed by atoms with van der Waals surface area (Å²) in [7, 11) is 0. The average molecular weight is 294 g/mol. The molecule has 0 bridgehead atoms. The number of rotatable bonds is 3. The lowest BCUT2D eigenvalue weighted by Gasteiger charge is -2.29. The van der Waals surface area contributed by atoms with Crippen LogP contribution in [0.3, 0.4) is 0 Å². The van der Waals surface area contributed by atoms with Crippen LogP contribution in [0.2, 0.25) is 5.02 Å². The van der Waals surface area contributed by atoms with Crippen molar-refractivity contribution < 1.29 is 9.84 Å². The number of aliphatic hydroxyl groups excluding tert-OH is 1. The zero-order valence-corrected chi connectivity index (χ0v) is 12.2. The monoisotopic (exact) mass is 293 g/mol. The fraction of sp³-hybridized carbons (Fsp3) is 0.500. The van der Waals surface area contributed by atoms with Gasteiger partial charge in [-0.05, 0) is 42.7 Å². The van der Waals surface area contributed by atoms with Crippen LogP contribution >= 0.6 is 11.6 Å². The van der Waals surface area contributed by atoms with Gasteiger partial charge in [-0.3, -0.25) is 0 Å². The second-order valence-electron chi connectivity index (χ2n) is 5.61. The minimum Gasteiger partial charge on any atom is -0.489 e. The van der Waals surface area contributed by atoms with E-state index >= 15 is 0 Å². The summed E-state index contributed by atoms with van der Waals surface area (Å²) in [5.74, 6) is 0.885. The van der Waals surface area contributed by atoms with Gasteiger partial charge in [0.25, 0.3) is 0 Å². The lowest BCUT2D eigenvalue weighted by atomic mass is 9.92. The van der Waals surface area contributed by atoms with Crippen LogP contribution in [-0.4, -0.2) is 30.4 Å². The SMILES string of the molecule is OC1CCCCC1NCC1=Cc2cc(Cl)ccc2OC1. The van der Waals surface area contributed by atoms with E-state index in [0.717, 1.165) is 42.1 Å². The lowest BCUT2D eigenvalue weighted by Crippen LogP contribution is -2.43. The normalized spacial score (nSPS) is 25.6. The molecule has 1 saturated carbocycles. The van der Waals surface area contributed by atoms with Gasteiger partial charge >= 0.3 is 0 Å². The maximum Gasteiger partial charge on any atom is 0.127 e. The van der Waals surface area contributed by atoms with E-state index in [1.165, 1.54) is 12.0 Å². The first-order chi connectivity index (χ1) is 9.72. The van der Waals surface area contributed by atoms with Gasteiger partial charge in [-0.1, -0.05) is 24.4 Å². The first-order valence-electron chi connectivity index (χ1n) is 7.25. The summed E-state index contributed by atoms with van der Waals surface area (Å²) < 4.78 is 5.73. The molecule has 0 spiro atoms. The van der Waals surface area contributed by atoms with E-state index in [1.54, 1.807) is 0 Å². The Labute approximate surface area is 124 Å². The third-order valence-corrected chi connectivity index (χ3v) is 4.30. The first-order valence-corrected chi connectivity index (χ1v) is 7.63. The number of nitrogens with one attached hydrogen (secondary N) is 1. The van der Waals surface area contributed by atoms with Crippen LogP contribution in [0, 0.1) is 0 Å². The first kappa shape index (κ1) is 13.9. The van der Waals surface area contributed by atoms with Crippen LogP contribution in [0.25, 0.3) is 6.08 Å². The molecule has 3 nitrogen and oxygen atoms in total. The number of ether oxygens (including phenoxy) is 1. The van der Waals surface area contributed by atoms with Gasteiger partial charge in [-0.25, -0.2) is 0 Å². The molecule has 1 aliphatic carbocycles. The summed E-state index contributed by atoms with van der Waals surface area (Å²) in [6, 6.07) is 5.88. The van der Waals surface area contributed by atoms with Crippen molar-refractivity contribution in [3.05, 3.63) is 34.4 Å². The quantitative estimate of drug-likeness (QED) is 0.900. The largest absolute Gasteiger partial charge is 0.489 e. The van der Waals surface area contributed by atoms with Crippen LogP contribution in [0.4, 0.5) is 0 Å². The van der Waals surface area contributed by atoms with E-state index in [1.807, 2.05) is 18.2 Å². The van der Waals surface area contributed by atoms with Gasteiger partial charge in [0.2, 0.25) is 0 Å². The topological polar surface area (TPSA) is 41.5 Å². The van der Waals surface area contributed by atoms with Gasteiger partial charge in [0, 0.05) is 23.2 Å². The molecule has 1 heterocycles. The summed E-state index contributed by atoms with van der Waals surface area (Å²) in [6.07, 6.45) is 6.21. The Morgan fingerprint density at radius 1 is 1.30 bits per heavy atom. The predicted octanol–water partition coefficient (Wildman–Crippen LogP) is 3.01. The van der Waals surface area contributed by atoms with Gasteiger partial charge in [0.1, 0.15) is 12.4 Å². The Balaban J connectivity index is 1.63.